The molecule has 0 aromatic rings. The first-order valence-electron chi connectivity index (χ1n) is 5.12. The molecule has 2 aliphatic heterocycles. The van der Waals surface area contributed by atoms with Crippen molar-refractivity contribution in [1.82, 2.24) is 0 Å². The first-order chi connectivity index (χ1) is 6.57. The molecular formula is C10H14O4. The maximum absolute atomic E-state index is 11.8. The molecule has 78 valence electrons. The third-order valence-corrected chi connectivity index (χ3v) is 2.95. The molecule has 3 aliphatic rings. The highest BCUT2D eigenvalue weighted by Crippen LogP contribution is 2.43. The summed E-state index contributed by atoms with van der Waals surface area (Å²) >= 11 is 0. The first-order valence-corrected chi connectivity index (χ1v) is 5.12. The Hall–Kier alpha value is -0.450. The number of fused-ring (bicyclic) bond motifs is 1. The lowest BCUT2D eigenvalue weighted by Gasteiger charge is -2.19. The molecule has 3 atom stereocenters. The Balaban J connectivity index is 1.77. The molecule has 3 fully saturated rings. The molecule has 1 saturated carbocycles. The number of Topliss-reactive ketones (excluding diaryl/α,β-unsaturated/α-hetero) is 1. The fourth-order valence-electron chi connectivity index (χ4n) is 2.14. The minimum atomic E-state index is -0.681. The lowest BCUT2D eigenvalue weighted by molar-refractivity contribution is -0.206. The highest BCUT2D eigenvalue weighted by molar-refractivity contribution is 5.90. The van der Waals surface area contributed by atoms with Gasteiger partial charge in [0.1, 0.15) is 6.10 Å². The molecular weight excluding hydrogens is 184 g/mol. The van der Waals surface area contributed by atoms with Crippen molar-refractivity contribution in [3.63, 3.8) is 0 Å². The molecule has 4 nitrogen and oxygen atoms in total. The number of ether oxygens (including phenoxy) is 3. The lowest BCUT2D eigenvalue weighted by Crippen LogP contribution is -2.31. The van der Waals surface area contributed by atoms with Crippen molar-refractivity contribution in [2.45, 2.75) is 51.0 Å². The van der Waals surface area contributed by atoms with Gasteiger partial charge in [-0.15, -0.1) is 0 Å². The molecule has 0 spiro atoms. The van der Waals surface area contributed by atoms with Gasteiger partial charge >= 0.3 is 0 Å². The van der Waals surface area contributed by atoms with Crippen LogP contribution >= 0.6 is 0 Å². The third-order valence-electron chi connectivity index (χ3n) is 2.95. The van der Waals surface area contributed by atoms with Gasteiger partial charge in [-0.05, 0) is 32.6 Å². The van der Waals surface area contributed by atoms with E-state index < -0.39 is 18.2 Å². The summed E-state index contributed by atoms with van der Waals surface area (Å²) in [5.74, 6) is -0.189. The van der Waals surface area contributed by atoms with Crippen molar-refractivity contribution in [2.24, 2.45) is 5.92 Å². The summed E-state index contributed by atoms with van der Waals surface area (Å²) in [4.78, 5) is 11.8. The Morgan fingerprint density at radius 3 is 2.50 bits per heavy atom. The Morgan fingerprint density at radius 1 is 1.21 bits per heavy atom. The van der Waals surface area contributed by atoms with E-state index in [1.165, 1.54) is 0 Å². The van der Waals surface area contributed by atoms with Gasteiger partial charge in [0.2, 0.25) is 0 Å². The Bertz CT molecular complexity index is 282. The highest BCUT2D eigenvalue weighted by atomic mass is 16.8. The number of hydrogen-bond acceptors (Lipinski definition) is 4. The van der Waals surface area contributed by atoms with Gasteiger partial charge in [0, 0.05) is 0 Å². The standard InChI is InChI=1S/C10H14O4/c1-10(2)13-8-6(11)7(5-3-4-5)12-9(8)14-10/h5,7-9H,3-4H2,1-2H3/t7-,8-,9-/m1/s1. The second-order valence-corrected chi connectivity index (χ2v) is 4.72. The van der Waals surface area contributed by atoms with Crippen LogP contribution in [0.5, 0.6) is 0 Å². The number of carbonyl (C=O) groups excluding carboxylic acids is 1. The minimum Gasteiger partial charge on any atom is -0.338 e. The molecule has 0 aromatic heterocycles. The van der Waals surface area contributed by atoms with E-state index in [0.29, 0.717) is 5.92 Å². The van der Waals surface area contributed by atoms with Crippen LogP contribution in [0.15, 0.2) is 0 Å². The fourth-order valence-corrected chi connectivity index (χ4v) is 2.14. The van der Waals surface area contributed by atoms with Crippen molar-refractivity contribution in [2.75, 3.05) is 0 Å². The van der Waals surface area contributed by atoms with Gasteiger partial charge in [-0.25, -0.2) is 0 Å². The van der Waals surface area contributed by atoms with Crippen molar-refractivity contribution < 1.29 is 19.0 Å². The Kier molecular flexibility index (Phi) is 1.62. The summed E-state index contributed by atoms with van der Waals surface area (Å²) in [7, 11) is 0. The van der Waals surface area contributed by atoms with Crippen LogP contribution in [-0.4, -0.2) is 30.1 Å². The molecule has 0 N–H and O–H groups in total. The second-order valence-electron chi connectivity index (χ2n) is 4.72. The quantitative estimate of drug-likeness (QED) is 0.626. The molecule has 0 bridgehead atoms. The van der Waals surface area contributed by atoms with E-state index in [1.54, 1.807) is 13.8 Å². The summed E-state index contributed by atoms with van der Waals surface area (Å²) in [6, 6.07) is 0. The zero-order valence-electron chi connectivity index (χ0n) is 8.36. The average molecular weight is 198 g/mol. The van der Waals surface area contributed by atoms with Crippen molar-refractivity contribution >= 4 is 5.78 Å². The van der Waals surface area contributed by atoms with Crippen LogP contribution < -0.4 is 0 Å². The average Bonchev–Trinajstić information content (AvgIpc) is 2.81. The van der Waals surface area contributed by atoms with Crippen LogP contribution in [-0.2, 0) is 19.0 Å². The van der Waals surface area contributed by atoms with E-state index in [2.05, 4.69) is 0 Å². The zero-order chi connectivity index (χ0) is 9.92. The number of carbonyl (C=O) groups is 1. The van der Waals surface area contributed by atoms with Gasteiger partial charge in [0.25, 0.3) is 0 Å². The predicted molar refractivity (Wildman–Crippen MR) is 46.4 cm³/mol. The molecule has 0 amide bonds. The van der Waals surface area contributed by atoms with Crippen LogP contribution in [0.4, 0.5) is 0 Å². The summed E-state index contributed by atoms with van der Waals surface area (Å²) in [6.45, 7) is 3.60. The number of rotatable bonds is 1. The monoisotopic (exact) mass is 198 g/mol. The zero-order valence-corrected chi connectivity index (χ0v) is 8.36. The van der Waals surface area contributed by atoms with E-state index in [-0.39, 0.29) is 11.9 Å². The van der Waals surface area contributed by atoms with Crippen LogP contribution in [0.3, 0.4) is 0 Å². The summed E-state index contributed by atoms with van der Waals surface area (Å²) < 4.78 is 16.5. The second kappa shape index (κ2) is 2.56. The lowest BCUT2D eigenvalue weighted by atomic mass is 10.1. The molecule has 1 aliphatic carbocycles. The maximum Gasteiger partial charge on any atom is 0.195 e. The SMILES string of the molecule is CC1(C)O[C@H]2O[C@H](C3CC3)C(=O)[C@H]2O1. The molecule has 0 radical (unpaired) electrons. The molecule has 4 heteroatoms. The van der Waals surface area contributed by atoms with E-state index in [4.69, 9.17) is 14.2 Å². The van der Waals surface area contributed by atoms with Crippen molar-refractivity contribution in [3.05, 3.63) is 0 Å². The van der Waals surface area contributed by atoms with E-state index in [1.807, 2.05) is 0 Å². The summed E-state index contributed by atoms with van der Waals surface area (Å²) in [6.07, 6.45) is 0.971. The Morgan fingerprint density at radius 2 is 1.93 bits per heavy atom. The molecule has 2 heterocycles. The van der Waals surface area contributed by atoms with E-state index in [0.717, 1.165) is 12.8 Å². The van der Waals surface area contributed by atoms with Gasteiger partial charge < -0.3 is 14.2 Å². The topological polar surface area (TPSA) is 44.8 Å². The largest absolute Gasteiger partial charge is 0.338 e. The predicted octanol–water partition coefficient (Wildman–Crippen LogP) is 0.842. The number of hydrogen-bond donors (Lipinski definition) is 0. The van der Waals surface area contributed by atoms with Crippen molar-refractivity contribution in [1.29, 1.82) is 0 Å². The van der Waals surface area contributed by atoms with E-state index in [9.17, 15) is 4.79 Å². The fraction of sp³-hybridized carbons (Fsp3) is 0.900. The molecule has 3 rings (SSSR count). The molecule has 0 unspecified atom stereocenters. The van der Waals surface area contributed by atoms with Crippen LogP contribution in [0, 0.1) is 5.92 Å². The molecule has 14 heavy (non-hydrogen) atoms. The van der Waals surface area contributed by atoms with Gasteiger partial charge in [-0.3, -0.25) is 4.79 Å². The van der Waals surface area contributed by atoms with E-state index >= 15 is 0 Å². The van der Waals surface area contributed by atoms with Gasteiger partial charge in [0.05, 0.1) is 0 Å². The van der Waals surface area contributed by atoms with Crippen molar-refractivity contribution in [3.8, 4) is 0 Å². The number of ketones is 1. The van der Waals surface area contributed by atoms with Gasteiger partial charge in [0.15, 0.2) is 24.0 Å². The summed E-state index contributed by atoms with van der Waals surface area (Å²) in [5.41, 5.74) is 0. The van der Waals surface area contributed by atoms with Crippen LogP contribution in [0.1, 0.15) is 26.7 Å². The van der Waals surface area contributed by atoms with Gasteiger partial charge in [-0.2, -0.15) is 0 Å². The highest BCUT2D eigenvalue weighted by Gasteiger charge is 2.57. The minimum absolute atomic E-state index is 0.0723. The Labute approximate surface area is 82.5 Å². The molecule has 2 saturated heterocycles. The normalized spacial score (nSPS) is 45.6. The third kappa shape index (κ3) is 1.21. The van der Waals surface area contributed by atoms with Crippen LogP contribution in [0.2, 0.25) is 0 Å². The summed E-state index contributed by atoms with van der Waals surface area (Å²) in [5, 5.41) is 0. The van der Waals surface area contributed by atoms with Gasteiger partial charge in [-0.1, -0.05) is 0 Å². The van der Waals surface area contributed by atoms with Crippen LogP contribution in [0.25, 0.3) is 0 Å². The smallest absolute Gasteiger partial charge is 0.195 e. The first kappa shape index (κ1) is 8.83. The maximum atomic E-state index is 11.8. The molecule has 0 aromatic carbocycles.